The number of sulfonamides is 1. The number of anilines is 1. The van der Waals surface area contributed by atoms with Crippen molar-refractivity contribution >= 4 is 21.7 Å². The Morgan fingerprint density at radius 2 is 1.81 bits per heavy atom. The minimum Gasteiger partial charge on any atom is -0.465 e. The molecule has 16 heavy (non-hydrogen) atoms. The Kier molecular flexibility index (Phi) is 3.86. The van der Waals surface area contributed by atoms with Crippen LogP contribution in [0.25, 0.3) is 0 Å². The number of benzene rings is 1. The first kappa shape index (κ1) is 12.5. The van der Waals surface area contributed by atoms with E-state index < -0.39 is 16.0 Å². The van der Waals surface area contributed by atoms with Crippen LogP contribution in [0.4, 0.5) is 5.69 Å². The molecule has 0 saturated carbocycles. The summed E-state index contributed by atoms with van der Waals surface area (Å²) in [6, 6.07) is 6.17. The van der Waals surface area contributed by atoms with E-state index in [2.05, 4.69) is 15.0 Å². The van der Waals surface area contributed by atoms with Gasteiger partial charge in [0, 0.05) is 5.69 Å². The highest BCUT2D eigenvalue weighted by atomic mass is 32.2. The lowest BCUT2D eigenvalue weighted by Gasteiger charge is -2.06. The zero-order valence-electron chi connectivity index (χ0n) is 8.85. The van der Waals surface area contributed by atoms with Gasteiger partial charge in [-0.3, -0.25) is 0 Å². The molecule has 2 N–H and O–H groups in total. The SMILES string of the molecule is COC(=O)c1ccc(NNS(C)(=O)=O)cc1. The number of esters is 1. The van der Waals surface area contributed by atoms with Crippen molar-refractivity contribution in [1.82, 2.24) is 4.83 Å². The van der Waals surface area contributed by atoms with Gasteiger partial charge in [-0.15, -0.1) is 4.83 Å². The average molecular weight is 244 g/mol. The Hall–Kier alpha value is -1.60. The first-order chi connectivity index (χ1) is 7.42. The molecule has 0 spiro atoms. The summed E-state index contributed by atoms with van der Waals surface area (Å²) in [7, 11) is -2.01. The van der Waals surface area contributed by atoms with Gasteiger partial charge in [0.25, 0.3) is 0 Å². The minimum atomic E-state index is -3.31. The summed E-state index contributed by atoms with van der Waals surface area (Å²) >= 11 is 0. The minimum absolute atomic E-state index is 0.396. The van der Waals surface area contributed by atoms with E-state index in [4.69, 9.17) is 0 Å². The van der Waals surface area contributed by atoms with Crippen molar-refractivity contribution in [3.63, 3.8) is 0 Å². The molecule has 0 amide bonds. The number of hydrogen-bond acceptors (Lipinski definition) is 5. The van der Waals surface area contributed by atoms with Crippen LogP contribution in [-0.2, 0) is 14.8 Å². The third-order valence-electron chi connectivity index (χ3n) is 1.69. The van der Waals surface area contributed by atoms with Crippen LogP contribution in [-0.4, -0.2) is 27.8 Å². The lowest BCUT2D eigenvalue weighted by atomic mass is 10.2. The van der Waals surface area contributed by atoms with Gasteiger partial charge in [0.2, 0.25) is 10.0 Å². The van der Waals surface area contributed by atoms with Crippen LogP contribution in [0.2, 0.25) is 0 Å². The fraction of sp³-hybridized carbons (Fsp3) is 0.222. The van der Waals surface area contributed by atoms with E-state index in [1.165, 1.54) is 19.2 Å². The van der Waals surface area contributed by atoms with Crippen LogP contribution in [0.3, 0.4) is 0 Å². The van der Waals surface area contributed by atoms with Gasteiger partial charge in [0.1, 0.15) is 0 Å². The highest BCUT2D eigenvalue weighted by molar-refractivity contribution is 7.88. The number of rotatable bonds is 4. The van der Waals surface area contributed by atoms with Gasteiger partial charge in [0.15, 0.2) is 0 Å². The molecule has 0 unspecified atom stereocenters. The summed E-state index contributed by atoms with van der Waals surface area (Å²) in [5, 5.41) is 0. The number of hydrazine groups is 1. The molecule has 0 aliphatic heterocycles. The quantitative estimate of drug-likeness (QED) is 0.589. The molecule has 1 aromatic rings. The van der Waals surface area contributed by atoms with Gasteiger partial charge in [-0.1, -0.05) is 0 Å². The maximum absolute atomic E-state index is 11.1. The number of carbonyl (C=O) groups excluding carboxylic acids is 1. The number of methoxy groups -OCH3 is 1. The van der Waals surface area contributed by atoms with E-state index in [1.54, 1.807) is 12.1 Å². The van der Waals surface area contributed by atoms with Crippen LogP contribution in [0.1, 0.15) is 10.4 Å². The number of hydrogen-bond donors (Lipinski definition) is 2. The molecule has 6 nitrogen and oxygen atoms in total. The van der Waals surface area contributed by atoms with E-state index >= 15 is 0 Å². The largest absolute Gasteiger partial charge is 0.465 e. The van der Waals surface area contributed by atoms with Gasteiger partial charge in [-0.05, 0) is 24.3 Å². The van der Waals surface area contributed by atoms with Crippen LogP contribution in [0.5, 0.6) is 0 Å². The number of nitrogens with one attached hydrogen (secondary N) is 2. The first-order valence-corrected chi connectivity index (χ1v) is 6.22. The highest BCUT2D eigenvalue weighted by Crippen LogP contribution is 2.09. The van der Waals surface area contributed by atoms with Crippen molar-refractivity contribution < 1.29 is 17.9 Å². The zero-order chi connectivity index (χ0) is 12.2. The second-order valence-electron chi connectivity index (χ2n) is 3.07. The van der Waals surface area contributed by atoms with E-state index in [0.717, 1.165) is 6.26 Å². The van der Waals surface area contributed by atoms with E-state index in [1.807, 2.05) is 0 Å². The monoisotopic (exact) mass is 244 g/mol. The Morgan fingerprint density at radius 1 is 1.25 bits per heavy atom. The second-order valence-corrected chi connectivity index (χ2v) is 4.82. The van der Waals surface area contributed by atoms with Crippen molar-refractivity contribution in [3.8, 4) is 0 Å². The van der Waals surface area contributed by atoms with Crippen molar-refractivity contribution in [3.05, 3.63) is 29.8 Å². The summed E-state index contributed by atoms with van der Waals surface area (Å²) in [5.41, 5.74) is 3.40. The van der Waals surface area contributed by atoms with E-state index in [9.17, 15) is 13.2 Å². The van der Waals surface area contributed by atoms with Crippen molar-refractivity contribution in [2.75, 3.05) is 18.8 Å². The normalized spacial score (nSPS) is 10.9. The van der Waals surface area contributed by atoms with Crippen molar-refractivity contribution in [2.24, 2.45) is 0 Å². The van der Waals surface area contributed by atoms with Gasteiger partial charge >= 0.3 is 5.97 Å². The van der Waals surface area contributed by atoms with Gasteiger partial charge < -0.3 is 10.2 Å². The zero-order valence-corrected chi connectivity index (χ0v) is 9.67. The molecule has 0 heterocycles. The third-order valence-corrected chi connectivity index (χ3v) is 2.16. The molecule has 1 aromatic carbocycles. The lowest BCUT2D eigenvalue weighted by molar-refractivity contribution is 0.0601. The Labute approximate surface area is 93.6 Å². The Balaban J connectivity index is 2.69. The topological polar surface area (TPSA) is 84.5 Å². The molecular weight excluding hydrogens is 232 g/mol. The molecule has 1 rings (SSSR count). The standard InChI is InChI=1S/C9H12N2O4S/c1-15-9(12)7-3-5-8(6-4-7)10-11-16(2,13)14/h3-6,10-11H,1-2H3. The van der Waals surface area contributed by atoms with Crippen LogP contribution in [0.15, 0.2) is 24.3 Å². The first-order valence-electron chi connectivity index (χ1n) is 4.33. The number of carbonyl (C=O) groups is 1. The molecule has 0 aliphatic carbocycles. The van der Waals surface area contributed by atoms with Gasteiger partial charge in [-0.2, -0.15) is 0 Å². The molecule has 0 atom stereocenters. The third kappa shape index (κ3) is 3.87. The molecule has 88 valence electrons. The van der Waals surface area contributed by atoms with Crippen molar-refractivity contribution in [2.45, 2.75) is 0 Å². The van der Waals surface area contributed by atoms with Crippen molar-refractivity contribution in [1.29, 1.82) is 0 Å². The smallest absolute Gasteiger partial charge is 0.337 e. The molecule has 0 aliphatic rings. The molecular formula is C9H12N2O4S. The maximum Gasteiger partial charge on any atom is 0.337 e. The highest BCUT2D eigenvalue weighted by Gasteiger charge is 2.04. The predicted molar refractivity (Wildman–Crippen MR) is 59.4 cm³/mol. The Morgan fingerprint density at radius 3 is 2.25 bits per heavy atom. The molecule has 0 bridgehead atoms. The van der Waals surface area contributed by atoms with Gasteiger partial charge in [0.05, 0.1) is 18.9 Å². The summed E-state index contributed by atoms with van der Waals surface area (Å²) < 4.78 is 26.1. The molecule has 0 radical (unpaired) electrons. The molecule has 0 aromatic heterocycles. The van der Waals surface area contributed by atoms with Gasteiger partial charge in [-0.25, -0.2) is 13.2 Å². The summed E-state index contributed by atoms with van der Waals surface area (Å²) in [6.07, 6.45) is 1.03. The molecule has 0 saturated heterocycles. The molecule has 0 fully saturated rings. The lowest BCUT2D eigenvalue weighted by Crippen LogP contribution is -2.28. The number of ether oxygens (including phenoxy) is 1. The summed E-state index contributed by atoms with van der Waals surface area (Å²) in [6.45, 7) is 0. The van der Waals surface area contributed by atoms with E-state index in [0.29, 0.717) is 11.3 Å². The average Bonchev–Trinajstić information content (AvgIpc) is 2.25. The van der Waals surface area contributed by atoms with E-state index in [-0.39, 0.29) is 0 Å². The summed E-state index contributed by atoms with van der Waals surface area (Å²) in [4.78, 5) is 13.2. The fourth-order valence-electron chi connectivity index (χ4n) is 0.959. The van der Waals surface area contributed by atoms with Crippen LogP contribution < -0.4 is 10.3 Å². The summed E-state index contributed by atoms with van der Waals surface area (Å²) in [5.74, 6) is -0.442. The van der Waals surface area contributed by atoms with Crippen LogP contribution >= 0.6 is 0 Å². The second kappa shape index (κ2) is 4.95. The fourth-order valence-corrected chi connectivity index (χ4v) is 1.26. The molecule has 7 heteroatoms. The van der Waals surface area contributed by atoms with Crippen LogP contribution in [0, 0.1) is 0 Å². The predicted octanol–water partition coefficient (Wildman–Crippen LogP) is 0.349. The maximum atomic E-state index is 11.1. The Bertz CT molecular complexity index is 467.